The highest BCUT2D eigenvalue weighted by Crippen LogP contribution is 1.94. The van der Waals surface area contributed by atoms with E-state index in [9.17, 15) is 8.42 Å². The molecule has 1 rings (SSSR count). The number of rotatable bonds is 5. The Bertz CT molecular complexity index is 246. The van der Waals surface area contributed by atoms with Crippen LogP contribution >= 0.6 is 0 Å². The molecule has 0 aromatic rings. The van der Waals surface area contributed by atoms with Gasteiger partial charge in [0.25, 0.3) is 10.2 Å². The lowest BCUT2D eigenvalue weighted by atomic mass is 10.2. The van der Waals surface area contributed by atoms with Crippen LogP contribution in [-0.2, 0) is 10.2 Å². The van der Waals surface area contributed by atoms with E-state index in [1.165, 1.54) is 0 Å². The molecule has 0 amide bonds. The molecule has 6 heteroatoms. The van der Waals surface area contributed by atoms with Crippen molar-refractivity contribution in [2.24, 2.45) is 5.92 Å². The molecule has 78 valence electrons. The second kappa shape index (κ2) is 4.36. The van der Waals surface area contributed by atoms with Gasteiger partial charge in [-0.3, -0.25) is 0 Å². The molecular formula is C7H17N3O2S. The van der Waals surface area contributed by atoms with E-state index < -0.39 is 10.2 Å². The van der Waals surface area contributed by atoms with Crippen LogP contribution < -0.4 is 14.8 Å². The molecule has 0 radical (unpaired) electrons. The molecule has 3 N–H and O–H groups in total. The van der Waals surface area contributed by atoms with E-state index in [0.717, 1.165) is 13.1 Å². The molecule has 1 aliphatic rings. The van der Waals surface area contributed by atoms with Crippen molar-refractivity contribution in [3.05, 3.63) is 0 Å². The summed E-state index contributed by atoms with van der Waals surface area (Å²) >= 11 is 0. The van der Waals surface area contributed by atoms with Gasteiger partial charge in [0, 0.05) is 25.7 Å². The Kier molecular flexibility index (Phi) is 3.66. The van der Waals surface area contributed by atoms with Crippen molar-refractivity contribution in [1.82, 2.24) is 14.8 Å². The molecule has 5 nitrogen and oxygen atoms in total. The topological polar surface area (TPSA) is 70.2 Å². The van der Waals surface area contributed by atoms with E-state index in [1.54, 1.807) is 0 Å². The Balaban J connectivity index is 2.28. The van der Waals surface area contributed by atoms with Crippen LogP contribution in [0.2, 0.25) is 0 Å². The zero-order valence-corrected chi connectivity index (χ0v) is 8.82. The van der Waals surface area contributed by atoms with Gasteiger partial charge in [0.2, 0.25) is 0 Å². The lowest BCUT2D eigenvalue weighted by Gasteiger charge is -2.27. The lowest BCUT2D eigenvalue weighted by Crippen LogP contribution is -2.59. The second-order valence-electron chi connectivity index (χ2n) is 3.72. The van der Waals surface area contributed by atoms with Crippen molar-refractivity contribution in [2.45, 2.75) is 19.9 Å². The summed E-state index contributed by atoms with van der Waals surface area (Å²) in [4.78, 5) is 0. The molecule has 1 aliphatic heterocycles. The fourth-order valence-corrected chi connectivity index (χ4v) is 2.15. The Hall–Kier alpha value is -0.170. The maximum Gasteiger partial charge on any atom is 0.277 e. The largest absolute Gasteiger partial charge is 0.313 e. The minimum absolute atomic E-state index is 0.0599. The van der Waals surface area contributed by atoms with Crippen LogP contribution in [0.15, 0.2) is 0 Å². The average Bonchev–Trinajstić information content (AvgIpc) is 1.94. The van der Waals surface area contributed by atoms with Gasteiger partial charge in [-0.15, -0.1) is 0 Å². The maximum absolute atomic E-state index is 11.3. The second-order valence-corrected chi connectivity index (χ2v) is 5.25. The summed E-state index contributed by atoms with van der Waals surface area (Å²) in [6.45, 7) is 5.86. The van der Waals surface area contributed by atoms with Crippen LogP contribution in [0.4, 0.5) is 0 Å². The normalized spacial score (nSPS) is 19.0. The molecule has 0 atom stereocenters. The van der Waals surface area contributed by atoms with Gasteiger partial charge in [-0.25, -0.2) is 4.72 Å². The van der Waals surface area contributed by atoms with Crippen LogP contribution in [0.25, 0.3) is 0 Å². The highest BCUT2D eigenvalue weighted by molar-refractivity contribution is 7.87. The van der Waals surface area contributed by atoms with Crippen LogP contribution in [0.1, 0.15) is 13.8 Å². The van der Waals surface area contributed by atoms with Crippen molar-refractivity contribution in [3.63, 3.8) is 0 Å². The third-order valence-electron chi connectivity index (χ3n) is 1.78. The first kappa shape index (κ1) is 10.9. The van der Waals surface area contributed by atoms with Gasteiger partial charge in [-0.2, -0.15) is 13.1 Å². The molecule has 0 unspecified atom stereocenters. The highest BCUT2D eigenvalue weighted by atomic mass is 32.2. The van der Waals surface area contributed by atoms with Gasteiger partial charge in [0.1, 0.15) is 0 Å². The average molecular weight is 207 g/mol. The summed E-state index contributed by atoms with van der Waals surface area (Å²) in [5, 5.41) is 2.99. The summed E-state index contributed by atoms with van der Waals surface area (Å²) in [7, 11) is -3.28. The highest BCUT2D eigenvalue weighted by Gasteiger charge is 2.22. The van der Waals surface area contributed by atoms with Gasteiger partial charge in [-0.1, -0.05) is 13.8 Å². The summed E-state index contributed by atoms with van der Waals surface area (Å²) < 4.78 is 27.6. The summed E-state index contributed by atoms with van der Waals surface area (Å²) in [6.07, 6.45) is 0. The molecule has 1 heterocycles. The van der Waals surface area contributed by atoms with Crippen LogP contribution in [0.3, 0.4) is 0 Å². The molecule has 0 spiro atoms. The van der Waals surface area contributed by atoms with Gasteiger partial charge >= 0.3 is 0 Å². The van der Waals surface area contributed by atoms with Crippen LogP contribution in [0.5, 0.6) is 0 Å². The zero-order chi connectivity index (χ0) is 9.90. The number of hydrogen-bond acceptors (Lipinski definition) is 3. The molecule has 0 aromatic carbocycles. The van der Waals surface area contributed by atoms with Crippen molar-refractivity contribution in [1.29, 1.82) is 0 Å². The molecule has 0 saturated carbocycles. The van der Waals surface area contributed by atoms with Crippen molar-refractivity contribution < 1.29 is 8.42 Å². The molecular weight excluding hydrogens is 190 g/mol. The van der Waals surface area contributed by atoms with E-state index in [-0.39, 0.29) is 6.04 Å². The fraction of sp³-hybridized carbons (Fsp3) is 1.00. The van der Waals surface area contributed by atoms with Gasteiger partial charge in [0.05, 0.1) is 0 Å². The van der Waals surface area contributed by atoms with Gasteiger partial charge < -0.3 is 5.32 Å². The first-order chi connectivity index (χ1) is 5.99. The zero-order valence-electron chi connectivity index (χ0n) is 8.00. The van der Waals surface area contributed by atoms with Gasteiger partial charge in [0.15, 0.2) is 0 Å². The van der Waals surface area contributed by atoms with Gasteiger partial charge in [-0.05, 0) is 5.92 Å². The Labute approximate surface area is 79.5 Å². The Morgan fingerprint density at radius 2 is 2.08 bits per heavy atom. The first-order valence-electron chi connectivity index (χ1n) is 4.47. The molecule has 0 bridgehead atoms. The summed E-state index contributed by atoms with van der Waals surface area (Å²) in [6, 6.07) is 0.0599. The van der Waals surface area contributed by atoms with Crippen molar-refractivity contribution in [2.75, 3.05) is 19.6 Å². The van der Waals surface area contributed by atoms with Crippen LogP contribution in [-0.4, -0.2) is 34.1 Å². The lowest BCUT2D eigenvalue weighted by molar-refractivity contribution is 0.407. The summed E-state index contributed by atoms with van der Waals surface area (Å²) in [5.74, 6) is 0.330. The third kappa shape index (κ3) is 4.04. The number of hydrogen-bond donors (Lipinski definition) is 3. The quantitative estimate of drug-likeness (QED) is 0.544. The smallest absolute Gasteiger partial charge is 0.277 e. The first-order valence-corrected chi connectivity index (χ1v) is 5.95. The standard InChI is InChI=1S/C7H17N3O2S/c1-6(2)3-9-13(11,12)10-7-4-8-5-7/h6-10H,3-5H2,1-2H3. The van der Waals surface area contributed by atoms with E-state index in [1.807, 2.05) is 13.8 Å². The Morgan fingerprint density at radius 3 is 2.46 bits per heavy atom. The minimum atomic E-state index is -3.28. The molecule has 0 aliphatic carbocycles. The minimum Gasteiger partial charge on any atom is -0.313 e. The van der Waals surface area contributed by atoms with E-state index in [4.69, 9.17) is 0 Å². The molecule has 13 heavy (non-hydrogen) atoms. The fourth-order valence-electron chi connectivity index (χ4n) is 0.909. The molecule has 1 fully saturated rings. The van der Waals surface area contributed by atoms with Crippen LogP contribution in [0, 0.1) is 5.92 Å². The summed E-state index contributed by atoms with van der Waals surface area (Å²) in [5.41, 5.74) is 0. The van der Waals surface area contributed by atoms with Crippen molar-refractivity contribution in [3.8, 4) is 0 Å². The Morgan fingerprint density at radius 1 is 1.46 bits per heavy atom. The molecule has 1 saturated heterocycles. The van der Waals surface area contributed by atoms with Crippen molar-refractivity contribution >= 4 is 10.2 Å². The SMILES string of the molecule is CC(C)CNS(=O)(=O)NC1CNC1. The monoisotopic (exact) mass is 207 g/mol. The van der Waals surface area contributed by atoms with E-state index in [0.29, 0.717) is 12.5 Å². The predicted molar refractivity (Wildman–Crippen MR) is 51.6 cm³/mol. The molecule has 0 aromatic heterocycles. The predicted octanol–water partition coefficient (Wildman–Crippen LogP) is -0.962. The van der Waals surface area contributed by atoms with E-state index >= 15 is 0 Å². The maximum atomic E-state index is 11.3. The third-order valence-corrected chi connectivity index (χ3v) is 2.98. The van der Waals surface area contributed by atoms with E-state index in [2.05, 4.69) is 14.8 Å². The number of nitrogens with one attached hydrogen (secondary N) is 3.